The zero-order valence-electron chi connectivity index (χ0n) is 18.7. The molecule has 34 heavy (non-hydrogen) atoms. The van der Waals surface area contributed by atoms with E-state index in [0.29, 0.717) is 6.61 Å². The molecule has 180 valence electrons. The van der Waals surface area contributed by atoms with E-state index in [-0.39, 0.29) is 26.4 Å². The molecule has 4 rings (SSSR count). The van der Waals surface area contributed by atoms with Gasteiger partial charge in [0.2, 0.25) is 0 Å². The average Bonchev–Trinajstić information content (AvgIpc) is 2.98. The summed E-state index contributed by atoms with van der Waals surface area (Å²) in [6, 6.07) is 28.9. The van der Waals surface area contributed by atoms with Crippen LogP contribution in [0.5, 0.6) is 0 Å². The van der Waals surface area contributed by atoms with Crippen LogP contribution >= 0.6 is 0 Å². The first-order chi connectivity index (χ1) is 16.6. The molecule has 7 nitrogen and oxygen atoms in total. The van der Waals surface area contributed by atoms with Gasteiger partial charge in [0.15, 0.2) is 0 Å². The van der Waals surface area contributed by atoms with Gasteiger partial charge in [-0.05, 0) is 16.7 Å². The molecule has 3 atom stereocenters. The Morgan fingerprint density at radius 3 is 1.76 bits per heavy atom. The van der Waals surface area contributed by atoms with E-state index in [4.69, 9.17) is 22.6 Å². The summed E-state index contributed by atoms with van der Waals surface area (Å²) in [6.07, 6.45) is -2.37. The molecule has 1 aliphatic rings. The lowest BCUT2D eigenvalue weighted by Gasteiger charge is -2.29. The second-order valence-electron chi connectivity index (χ2n) is 7.92. The molecule has 0 unspecified atom stereocenters. The van der Waals surface area contributed by atoms with Crippen LogP contribution in [0.2, 0.25) is 0 Å². The van der Waals surface area contributed by atoms with Gasteiger partial charge < -0.3 is 14.2 Å². The highest BCUT2D eigenvalue weighted by molar-refractivity contribution is 7.81. The maximum Gasteiger partial charge on any atom is 0.400 e. The van der Waals surface area contributed by atoms with Crippen LogP contribution in [0.15, 0.2) is 91.0 Å². The van der Waals surface area contributed by atoms with Gasteiger partial charge >= 0.3 is 10.4 Å². The molecular weight excluding hydrogens is 456 g/mol. The van der Waals surface area contributed by atoms with Crippen LogP contribution in [-0.2, 0) is 52.8 Å². The van der Waals surface area contributed by atoms with Crippen LogP contribution in [-0.4, -0.2) is 39.9 Å². The third kappa shape index (κ3) is 7.46. The SMILES string of the molecule is O=S1(=O)OC[C@@H](OCc2ccccc2)[C@H](OCc2ccccc2)[C@H](COCc2ccccc2)O1. The van der Waals surface area contributed by atoms with E-state index in [9.17, 15) is 8.42 Å². The summed E-state index contributed by atoms with van der Waals surface area (Å²) in [7, 11) is -4.24. The Kier molecular flexibility index (Phi) is 8.81. The predicted molar refractivity (Wildman–Crippen MR) is 126 cm³/mol. The van der Waals surface area contributed by atoms with Gasteiger partial charge in [-0.25, -0.2) is 8.37 Å². The van der Waals surface area contributed by atoms with Gasteiger partial charge in [-0.15, -0.1) is 0 Å². The Hall–Kier alpha value is -2.59. The molecule has 0 bridgehead atoms. The third-order valence-electron chi connectivity index (χ3n) is 5.34. The van der Waals surface area contributed by atoms with Crippen molar-refractivity contribution in [2.45, 2.75) is 38.1 Å². The Labute approximate surface area is 200 Å². The molecule has 0 aromatic heterocycles. The molecule has 3 aromatic rings. The first kappa shape index (κ1) is 24.5. The normalized spacial score (nSPS) is 22.2. The second-order valence-corrected chi connectivity index (χ2v) is 9.17. The summed E-state index contributed by atoms with van der Waals surface area (Å²) >= 11 is 0. The highest BCUT2D eigenvalue weighted by Crippen LogP contribution is 2.24. The van der Waals surface area contributed by atoms with E-state index in [1.54, 1.807) is 0 Å². The van der Waals surface area contributed by atoms with Crippen LogP contribution in [0.3, 0.4) is 0 Å². The Morgan fingerprint density at radius 1 is 0.706 bits per heavy atom. The molecule has 0 N–H and O–H groups in total. The molecule has 0 aliphatic carbocycles. The highest BCUT2D eigenvalue weighted by Gasteiger charge is 2.40. The van der Waals surface area contributed by atoms with Gasteiger partial charge in [0.05, 0.1) is 33.0 Å². The summed E-state index contributed by atoms with van der Waals surface area (Å²) in [6.45, 7) is 0.613. The van der Waals surface area contributed by atoms with Gasteiger partial charge in [-0.3, -0.25) is 0 Å². The zero-order valence-corrected chi connectivity index (χ0v) is 19.5. The minimum atomic E-state index is -4.24. The smallest absolute Gasteiger partial charge is 0.374 e. The van der Waals surface area contributed by atoms with Crippen LogP contribution in [0, 0.1) is 0 Å². The molecular formula is C26H28O7S. The third-order valence-corrected chi connectivity index (χ3v) is 6.24. The van der Waals surface area contributed by atoms with Crippen molar-refractivity contribution in [1.82, 2.24) is 0 Å². The lowest BCUT2D eigenvalue weighted by Crippen LogP contribution is -2.45. The van der Waals surface area contributed by atoms with Crippen LogP contribution in [0.25, 0.3) is 0 Å². The molecule has 1 aliphatic heterocycles. The van der Waals surface area contributed by atoms with E-state index in [2.05, 4.69) is 0 Å². The van der Waals surface area contributed by atoms with E-state index >= 15 is 0 Å². The van der Waals surface area contributed by atoms with E-state index in [1.165, 1.54) is 0 Å². The molecule has 0 amide bonds. The Balaban J connectivity index is 1.50. The molecule has 0 spiro atoms. The molecule has 0 radical (unpaired) electrons. The summed E-state index contributed by atoms with van der Waals surface area (Å²) in [5.41, 5.74) is 2.87. The molecule has 3 aromatic carbocycles. The summed E-state index contributed by atoms with van der Waals surface area (Å²) in [5.74, 6) is 0. The minimum Gasteiger partial charge on any atom is -0.374 e. The summed E-state index contributed by atoms with van der Waals surface area (Å²) < 4.78 is 53.2. The lowest BCUT2D eigenvalue weighted by atomic mass is 10.1. The fourth-order valence-corrected chi connectivity index (χ4v) is 4.43. The van der Waals surface area contributed by atoms with Gasteiger partial charge in [-0.2, -0.15) is 8.42 Å². The van der Waals surface area contributed by atoms with Gasteiger partial charge in [0.1, 0.15) is 18.3 Å². The number of hydrogen-bond donors (Lipinski definition) is 0. The second kappa shape index (κ2) is 12.2. The van der Waals surface area contributed by atoms with E-state index in [1.807, 2.05) is 91.0 Å². The fraction of sp³-hybridized carbons (Fsp3) is 0.308. The number of benzene rings is 3. The molecule has 8 heteroatoms. The summed E-state index contributed by atoms with van der Waals surface area (Å²) in [5, 5.41) is 0. The molecule has 1 saturated heterocycles. The Bertz CT molecular complexity index is 1090. The molecule has 1 fully saturated rings. The largest absolute Gasteiger partial charge is 0.400 e. The topological polar surface area (TPSA) is 80.3 Å². The van der Waals surface area contributed by atoms with Gasteiger partial charge in [0, 0.05) is 0 Å². The molecule has 0 saturated carbocycles. The van der Waals surface area contributed by atoms with Crippen LogP contribution in [0.1, 0.15) is 16.7 Å². The number of ether oxygens (including phenoxy) is 3. The van der Waals surface area contributed by atoms with Crippen LogP contribution in [0.4, 0.5) is 0 Å². The van der Waals surface area contributed by atoms with Crippen molar-refractivity contribution in [2.24, 2.45) is 0 Å². The highest BCUT2D eigenvalue weighted by atomic mass is 32.3. The van der Waals surface area contributed by atoms with Crippen molar-refractivity contribution in [2.75, 3.05) is 13.2 Å². The maximum atomic E-state index is 12.3. The van der Waals surface area contributed by atoms with Gasteiger partial charge in [-0.1, -0.05) is 91.0 Å². The average molecular weight is 485 g/mol. The number of rotatable bonds is 10. The van der Waals surface area contributed by atoms with Crippen molar-refractivity contribution in [3.05, 3.63) is 108 Å². The van der Waals surface area contributed by atoms with Crippen molar-refractivity contribution in [3.63, 3.8) is 0 Å². The Morgan fingerprint density at radius 2 is 1.21 bits per heavy atom. The fourth-order valence-electron chi connectivity index (χ4n) is 3.61. The predicted octanol–water partition coefficient (Wildman–Crippen LogP) is 4.03. The summed E-state index contributed by atoms with van der Waals surface area (Å²) in [4.78, 5) is 0. The van der Waals surface area contributed by atoms with Crippen molar-refractivity contribution < 1.29 is 31.0 Å². The quantitative estimate of drug-likeness (QED) is 0.430. The first-order valence-corrected chi connectivity index (χ1v) is 12.4. The molecule has 1 heterocycles. The standard InChI is InChI=1S/C26H28O7S/c27-34(28)32-20-24(30-17-22-12-6-2-7-13-22)26(31-18-23-14-8-3-9-15-23)25(33-34)19-29-16-21-10-4-1-5-11-21/h1-15,24-26H,16-20H2/t24-,25+,26+/m1/s1. The maximum absolute atomic E-state index is 12.3. The van der Waals surface area contributed by atoms with Crippen molar-refractivity contribution in [3.8, 4) is 0 Å². The van der Waals surface area contributed by atoms with Crippen LogP contribution < -0.4 is 0 Å². The minimum absolute atomic E-state index is 0.0118. The monoisotopic (exact) mass is 484 g/mol. The van der Waals surface area contributed by atoms with E-state index in [0.717, 1.165) is 16.7 Å². The lowest BCUT2D eigenvalue weighted by molar-refractivity contribution is -0.136. The zero-order chi connectivity index (χ0) is 23.6. The van der Waals surface area contributed by atoms with Crippen molar-refractivity contribution >= 4 is 10.4 Å². The van der Waals surface area contributed by atoms with E-state index < -0.39 is 28.7 Å². The van der Waals surface area contributed by atoms with Gasteiger partial charge in [0.25, 0.3) is 0 Å². The first-order valence-electron chi connectivity index (χ1n) is 11.1. The van der Waals surface area contributed by atoms with Crippen molar-refractivity contribution in [1.29, 1.82) is 0 Å². The number of hydrogen-bond acceptors (Lipinski definition) is 7.